The number of ether oxygens (including phenoxy) is 1. The third-order valence-electron chi connectivity index (χ3n) is 2.76. The first-order valence-corrected chi connectivity index (χ1v) is 8.52. The van der Waals surface area contributed by atoms with Crippen LogP contribution in [-0.4, -0.2) is 72.6 Å². The van der Waals surface area contributed by atoms with E-state index in [1.165, 1.54) is 0 Å². The van der Waals surface area contributed by atoms with Crippen LogP contribution in [0.25, 0.3) is 0 Å². The van der Waals surface area contributed by atoms with Crippen LogP contribution in [0.2, 0.25) is 0 Å². The van der Waals surface area contributed by atoms with Gasteiger partial charge in [-0.3, -0.25) is 0 Å². The summed E-state index contributed by atoms with van der Waals surface area (Å²) in [6.07, 6.45) is 1.59. The summed E-state index contributed by atoms with van der Waals surface area (Å²) in [5.41, 5.74) is 0. The lowest BCUT2D eigenvalue weighted by molar-refractivity contribution is 0.162. The van der Waals surface area contributed by atoms with Gasteiger partial charge in [0.05, 0.1) is 12.4 Å². The summed E-state index contributed by atoms with van der Waals surface area (Å²) >= 11 is 0. The van der Waals surface area contributed by atoms with Crippen LogP contribution in [-0.2, 0) is 14.8 Å². The molecule has 0 fully saturated rings. The van der Waals surface area contributed by atoms with Gasteiger partial charge in [-0.25, -0.2) is 13.1 Å². The molecule has 0 atom stereocenters. The second-order valence-corrected chi connectivity index (χ2v) is 6.50. The smallest absolute Gasteiger partial charge is 0.211 e. The fraction of sp³-hybridized carbons (Fsp3) is 1.00. The average Bonchev–Trinajstić information content (AvgIpc) is 2.35. The normalized spacial score (nSPS) is 12.2. The molecule has 0 aromatic rings. The van der Waals surface area contributed by atoms with Gasteiger partial charge < -0.3 is 15.0 Å². The molecule has 2 N–H and O–H groups in total. The highest BCUT2D eigenvalue weighted by molar-refractivity contribution is 7.89. The summed E-state index contributed by atoms with van der Waals surface area (Å²) in [6, 6.07) is 0. The predicted octanol–water partition coefficient (Wildman–Crippen LogP) is -0.126. The maximum absolute atomic E-state index is 11.7. The average molecular weight is 295 g/mol. The van der Waals surface area contributed by atoms with Crippen molar-refractivity contribution >= 4 is 10.0 Å². The standard InChI is InChI=1S/C12H29N3O3S/c1-4-13-7-5-6-12-19(16,17)14-8-9-15(2)10-11-18-3/h13-14H,4-12H2,1-3H3. The summed E-state index contributed by atoms with van der Waals surface area (Å²) in [6.45, 7) is 6.47. The number of hydrogen-bond donors (Lipinski definition) is 2. The number of likely N-dealkylation sites (N-methyl/N-ethyl adjacent to an activating group) is 1. The minimum absolute atomic E-state index is 0.209. The van der Waals surface area contributed by atoms with Crippen LogP contribution >= 0.6 is 0 Å². The van der Waals surface area contributed by atoms with Gasteiger partial charge in [-0.05, 0) is 33.0 Å². The van der Waals surface area contributed by atoms with Crippen molar-refractivity contribution in [1.29, 1.82) is 0 Å². The van der Waals surface area contributed by atoms with Crippen molar-refractivity contribution in [2.24, 2.45) is 0 Å². The van der Waals surface area contributed by atoms with Gasteiger partial charge in [0.1, 0.15) is 0 Å². The molecule has 0 aliphatic heterocycles. The molecule has 116 valence electrons. The van der Waals surface area contributed by atoms with Gasteiger partial charge in [0.15, 0.2) is 0 Å². The highest BCUT2D eigenvalue weighted by Gasteiger charge is 2.09. The van der Waals surface area contributed by atoms with Gasteiger partial charge in [-0.1, -0.05) is 6.92 Å². The number of methoxy groups -OCH3 is 1. The largest absolute Gasteiger partial charge is 0.383 e. The maximum Gasteiger partial charge on any atom is 0.211 e. The fourth-order valence-electron chi connectivity index (χ4n) is 1.54. The third kappa shape index (κ3) is 12.6. The highest BCUT2D eigenvalue weighted by atomic mass is 32.2. The molecule has 0 aliphatic rings. The number of sulfonamides is 1. The maximum atomic E-state index is 11.7. The van der Waals surface area contributed by atoms with Crippen LogP contribution in [0.4, 0.5) is 0 Å². The zero-order valence-electron chi connectivity index (χ0n) is 12.4. The molecule has 0 radical (unpaired) electrons. The Balaban J connectivity index is 3.61. The molecular weight excluding hydrogens is 266 g/mol. The summed E-state index contributed by atoms with van der Waals surface area (Å²) in [5, 5.41) is 3.18. The zero-order chi connectivity index (χ0) is 14.6. The molecule has 0 spiro atoms. The minimum atomic E-state index is -3.12. The number of unbranched alkanes of at least 4 members (excludes halogenated alkanes) is 1. The van der Waals surface area contributed by atoms with Crippen molar-refractivity contribution in [2.75, 3.05) is 59.2 Å². The van der Waals surface area contributed by atoms with Gasteiger partial charge in [0.25, 0.3) is 0 Å². The Morgan fingerprint density at radius 3 is 2.53 bits per heavy atom. The highest BCUT2D eigenvalue weighted by Crippen LogP contribution is 1.94. The molecule has 19 heavy (non-hydrogen) atoms. The van der Waals surface area contributed by atoms with E-state index in [4.69, 9.17) is 4.74 Å². The van der Waals surface area contributed by atoms with E-state index in [0.29, 0.717) is 26.1 Å². The Hall–Kier alpha value is -0.210. The SMILES string of the molecule is CCNCCCCS(=O)(=O)NCCN(C)CCOC. The van der Waals surface area contributed by atoms with Crippen molar-refractivity contribution in [1.82, 2.24) is 14.9 Å². The molecule has 0 aromatic heterocycles. The Morgan fingerprint density at radius 2 is 1.89 bits per heavy atom. The van der Waals surface area contributed by atoms with Gasteiger partial charge in [-0.15, -0.1) is 0 Å². The van der Waals surface area contributed by atoms with E-state index in [1.807, 2.05) is 18.9 Å². The first kappa shape index (κ1) is 18.8. The second-order valence-electron chi connectivity index (χ2n) is 4.57. The zero-order valence-corrected chi connectivity index (χ0v) is 13.3. The Labute approximate surface area is 117 Å². The second kappa shape index (κ2) is 11.6. The molecule has 0 heterocycles. The third-order valence-corrected chi connectivity index (χ3v) is 4.23. The molecular formula is C12H29N3O3S. The molecule has 0 aliphatic carbocycles. The molecule has 0 rings (SSSR count). The van der Waals surface area contributed by atoms with Gasteiger partial charge in [0, 0.05) is 26.7 Å². The van der Waals surface area contributed by atoms with Crippen molar-refractivity contribution in [3.63, 3.8) is 0 Å². The predicted molar refractivity (Wildman–Crippen MR) is 78.9 cm³/mol. The van der Waals surface area contributed by atoms with Crippen LogP contribution in [0.5, 0.6) is 0 Å². The lowest BCUT2D eigenvalue weighted by Crippen LogP contribution is -2.35. The topological polar surface area (TPSA) is 70.7 Å². The summed E-state index contributed by atoms with van der Waals surface area (Å²) in [4.78, 5) is 2.04. The Kier molecular flexibility index (Phi) is 11.5. The first-order chi connectivity index (χ1) is 9.02. The molecule has 6 nitrogen and oxygen atoms in total. The molecule has 0 unspecified atom stereocenters. The fourth-order valence-corrected chi connectivity index (χ4v) is 2.67. The Bertz CT molecular complexity index is 297. The summed E-state index contributed by atoms with van der Waals surface area (Å²) < 4.78 is 31.0. The lowest BCUT2D eigenvalue weighted by atomic mass is 10.3. The monoisotopic (exact) mass is 295 g/mol. The molecule has 0 bridgehead atoms. The Morgan fingerprint density at radius 1 is 1.16 bits per heavy atom. The van der Waals surface area contributed by atoms with Crippen LogP contribution < -0.4 is 10.0 Å². The van der Waals surface area contributed by atoms with E-state index < -0.39 is 10.0 Å². The number of rotatable bonds is 13. The number of nitrogens with one attached hydrogen (secondary N) is 2. The molecule has 7 heteroatoms. The molecule has 0 saturated carbocycles. The van der Waals surface area contributed by atoms with E-state index in [-0.39, 0.29) is 5.75 Å². The van der Waals surface area contributed by atoms with Crippen LogP contribution in [0, 0.1) is 0 Å². The number of nitrogens with zero attached hydrogens (tertiary/aromatic N) is 1. The van der Waals surface area contributed by atoms with Crippen LogP contribution in [0.1, 0.15) is 19.8 Å². The van der Waals surface area contributed by atoms with E-state index in [9.17, 15) is 8.42 Å². The first-order valence-electron chi connectivity index (χ1n) is 6.87. The van der Waals surface area contributed by atoms with Gasteiger partial charge in [-0.2, -0.15) is 0 Å². The van der Waals surface area contributed by atoms with Crippen LogP contribution in [0.3, 0.4) is 0 Å². The van der Waals surface area contributed by atoms with Crippen molar-refractivity contribution < 1.29 is 13.2 Å². The van der Waals surface area contributed by atoms with Gasteiger partial charge in [0.2, 0.25) is 10.0 Å². The lowest BCUT2D eigenvalue weighted by Gasteiger charge is -2.16. The molecule has 0 saturated heterocycles. The van der Waals surface area contributed by atoms with Crippen LogP contribution in [0.15, 0.2) is 0 Å². The van der Waals surface area contributed by atoms with E-state index in [1.54, 1.807) is 7.11 Å². The van der Waals surface area contributed by atoms with Gasteiger partial charge >= 0.3 is 0 Å². The summed E-state index contributed by atoms with van der Waals surface area (Å²) in [5.74, 6) is 0.209. The minimum Gasteiger partial charge on any atom is -0.383 e. The van der Waals surface area contributed by atoms with E-state index in [0.717, 1.165) is 26.1 Å². The van der Waals surface area contributed by atoms with E-state index >= 15 is 0 Å². The van der Waals surface area contributed by atoms with Crippen molar-refractivity contribution in [2.45, 2.75) is 19.8 Å². The molecule has 0 amide bonds. The van der Waals surface area contributed by atoms with E-state index in [2.05, 4.69) is 10.0 Å². The van der Waals surface area contributed by atoms with Crippen molar-refractivity contribution in [3.8, 4) is 0 Å². The van der Waals surface area contributed by atoms with Crippen molar-refractivity contribution in [3.05, 3.63) is 0 Å². The molecule has 0 aromatic carbocycles. The quantitative estimate of drug-likeness (QED) is 0.463. The summed E-state index contributed by atoms with van der Waals surface area (Å²) in [7, 11) is 0.484. The number of hydrogen-bond acceptors (Lipinski definition) is 5.